The highest BCUT2D eigenvalue weighted by Crippen LogP contribution is 2.16. The van der Waals surface area contributed by atoms with Crippen LogP contribution in [-0.2, 0) is 11.3 Å². The van der Waals surface area contributed by atoms with Crippen LogP contribution in [0.4, 0.5) is 10.5 Å². The minimum Gasteiger partial charge on any atom is -0.444 e. The third-order valence-corrected chi connectivity index (χ3v) is 2.48. The summed E-state index contributed by atoms with van der Waals surface area (Å²) in [6, 6.07) is 5.68. The molecule has 0 bridgehead atoms. The molecule has 0 atom stereocenters. The molecule has 0 aliphatic carbocycles. The molecule has 0 saturated carbocycles. The molecule has 20 heavy (non-hydrogen) atoms. The molecule has 0 radical (unpaired) electrons. The summed E-state index contributed by atoms with van der Waals surface area (Å²) < 4.78 is 5.30. The molecule has 0 saturated heterocycles. The molecular formula is C16H28N2O2. The van der Waals surface area contributed by atoms with E-state index in [9.17, 15) is 4.79 Å². The van der Waals surface area contributed by atoms with Crippen LogP contribution in [0.25, 0.3) is 0 Å². The molecule has 0 heterocycles. The van der Waals surface area contributed by atoms with E-state index in [4.69, 9.17) is 10.5 Å². The summed E-state index contributed by atoms with van der Waals surface area (Å²) in [4.78, 5) is 13.4. The van der Waals surface area contributed by atoms with E-state index in [2.05, 4.69) is 0 Å². The first-order valence-electron chi connectivity index (χ1n) is 6.98. The van der Waals surface area contributed by atoms with Crippen LogP contribution in [0.2, 0.25) is 0 Å². The van der Waals surface area contributed by atoms with Gasteiger partial charge in [0.25, 0.3) is 0 Å². The van der Waals surface area contributed by atoms with Crippen LogP contribution in [0.1, 0.15) is 45.7 Å². The Labute approximate surface area is 122 Å². The Morgan fingerprint density at radius 3 is 2.30 bits per heavy atom. The van der Waals surface area contributed by atoms with Gasteiger partial charge in [-0.2, -0.15) is 0 Å². The van der Waals surface area contributed by atoms with Crippen molar-refractivity contribution in [2.75, 3.05) is 12.8 Å². The zero-order valence-corrected chi connectivity index (χ0v) is 13.8. The number of nitrogens with two attached hydrogens (primary N) is 1. The molecule has 0 fully saturated rings. The molecule has 1 aromatic carbocycles. The second kappa shape index (κ2) is 7.78. The highest BCUT2D eigenvalue weighted by Gasteiger charge is 2.19. The van der Waals surface area contributed by atoms with Gasteiger partial charge in [0.05, 0.1) is 0 Å². The first-order valence-corrected chi connectivity index (χ1v) is 6.98. The predicted octanol–water partition coefficient (Wildman–Crippen LogP) is 3.97. The lowest BCUT2D eigenvalue weighted by atomic mass is 10.1. The molecule has 1 amide bonds. The van der Waals surface area contributed by atoms with Gasteiger partial charge in [-0.15, -0.1) is 0 Å². The second-order valence-corrected chi connectivity index (χ2v) is 5.52. The maximum atomic E-state index is 11.8. The van der Waals surface area contributed by atoms with E-state index in [-0.39, 0.29) is 6.09 Å². The lowest BCUT2D eigenvalue weighted by Crippen LogP contribution is -2.33. The molecule has 0 aliphatic rings. The molecule has 1 rings (SSSR count). The Bertz CT molecular complexity index is 437. The number of hydrogen-bond donors (Lipinski definition) is 1. The van der Waals surface area contributed by atoms with Crippen LogP contribution < -0.4 is 5.73 Å². The number of amides is 1. The number of ether oxygens (including phenoxy) is 1. The molecule has 4 nitrogen and oxygen atoms in total. The second-order valence-electron chi connectivity index (χ2n) is 5.52. The topological polar surface area (TPSA) is 55.6 Å². The van der Waals surface area contributed by atoms with Gasteiger partial charge in [0.2, 0.25) is 0 Å². The largest absolute Gasteiger partial charge is 0.444 e. The summed E-state index contributed by atoms with van der Waals surface area (Å²) in [6.45, 7) is 12.1. The monoisotopic (exact) mass is 280 g/mol. The number of rotatable bonds is 2. The first-order chi connectivity index (χ1) is 9.19. The molecule has 0 unspecified atom stereocenters. The van der Waals surface area contributed by atoms with Crippen molar-refractivity contribution in [2.24, 2.45) is 0 Å². The van der Waals surface area contributed by atoms with Crippen molar-refractivity contribution in [3.63, 3.8) is 0 Å². The number of anilines is 1. The van der Waals surface area contributed by atoms with Crippen LogP contribution in [0.5, 0.6) is 0 Å². The van der Waals surface area contributed by atoms with Crippen LogP contribution >= 0.6 is 0 Å². The van der Waals surface area contributed by atoms with Crippen LogP contribution in [0, 0.1) is 6.92 Å². The van der Waals surface area contributed by atoms with Crippen molar-refractivity contribution in [1.82, 2.24) is 4.90 Å². The average molecular weight is 280 g/mol. The van der Waals surface area contributed by atoms with Crippen molar-refractivity contribution >= 4 is 11.8 Å². The summed E-state index contributed by atoms with van der Waals surface area (Å²) >= 11 is 0. The normalized spacial score (nSPS) is 10.3. The van der Waals surface area contributed by atoms with E-state index in [1.807, 2.05) is 59.7 Å². The van der Waals surface area contributed by atoms with Crippen molar-refractivity contribution in [2.45, 2.75) is 53.7 Å². The predicted molar refractivity (Wildman–Crippen MR) is 84.6 cm³/mol. The molecule has 0 aliphatic heterocycles. The quantitative estimate of drug-likeness (QED) is 0.834. The summed E-state index contributed by atoms with van der Waals surface area (Å²) in [5.74, 6) is 0. The number of carbonyl (C=O) groups excluding carboxylic acids is 1. The lowest BCUT2D eigenvalue weighted by molar-refractivity contribution is 0.0285. The number of nitrogen functional groups attached to an aromatic ring is 1. The zero-order chi connectivity index (χ0) is 15.9. The van der Waals surface area contributed by atoms with Crippen LogP contribution in [-0.4, -0.2) is 23.6 Å². The molecule has 0 spiro atoms. The fraction of sp³-hybridized carbons (Fsp3) is 0.562. The summed E-state index contributed by atoms with van der Waals surface area (Å²) in [7, 11) is 1.73. The Kier molecular flexibility index (Phi) is 7.11. The Balaban J connectivity index is 0.00000172. The third kappa shape index (κ3) is 6.45. The molecule has 4 heteroatoms. The first kappa shape index (κ1) is 18.3. The minimum absolute atomic E-state index is 0.321. The van der Waals surface area contributed by atoms with E-state index >= 15 is 0 Å². The van der Waals surface area contributed by atoms with Crippen molar-refractivity contribution in [3.05, 3.63) is 29.3 Å². The van der Waals surface area contributed by atoms with E-state index in [0.717, 1.165) is 16.8 Å². The summed E-state index contributed by atoms with van der Waals surface area (Å²) in [5.41, 5.74) is 8.10. The maximum absolute atomic E-state index is 11.8. The van der Waals surface area contributed by atoms with Gasteiger partial charge in [0.1, 0.15) is 5.60 Å². The molecular weight excluding hydrogens is 252 g/mol. The average Bonchev–Trinajstić information content (AvgIpc) is 2.33. The highest BCUT2D eigenvalue weighted by molar-refractivity contribution is 5.67. The van der Waals surface area contributed by atoms with Gasteiger partial charge in [0, 0.05) is 19.3 Å². The standard InChI is InChI=1S/C14H22N2O2.C2H6/c1-10-8-12(15)7-6-11(10)9-16(5)13(17)18-14(2,3)4;1-2/h6-8H,9,15H2,1-5H3;1-2H3. The van der Waals surface area contributed by atoms with E-state index in [1.54, 1.807) is 11.9 Å². The third-order valence-electron chi connectivity index (χ3n) is 2.48. The fourth-order valence-corrected chi connectivity index (χ4v) is 1.56. The number of nitrogens with zero attached hydrogens (tertiary/aromatic N) is 1. The van der Waals surface area contributed by atoms with Gasteiger partial charge in [-0.05, 0) is 51.0 Å². The minimum atomic E-state index is -0.471. The number of hydrogen-bond acceptors (Lipinski definition) is 3. The van der Waals surface area contributed by atoms with E-state index in [1.165, 1.54) is 0 Å². The Hall–Kier alpha value is -1.71. The Morgan fingerprint density at radius 1 is 1.30 bits per heavy atom. The van der Waals surface area contributed by atoms with Gasteiger partial charge >= 0.3 is 6.09 Å². The smallest absolute Gasteiger partial charge is 0.410 e. The number of benzene rings is 1. The maximum Gasteiger partial charge on any atom is 0.410 e. The van der Waals surface area contributed by atoms with Crippen LogP contribution in [0.3, 0.4) is 0 Å². The van der Waals surface area contributed by atoms with Gasteiger partial charge in [0.15, 0.2) is 0 Å². The van der Waals surface area contributed by atoms with Gasteiger partial charge in [-0.1, -0.05) is 19.9 Å². The molecule has 1 aromatic rings. The lowest BCUT2D eigenvalue weighted by Gasteiger charge is -2.25. The zero-order valence-electron chi connectivity index (χ0n) is 13.8. The van der Waals surface area contributed by atoms with Crippen molar-refractivity contribution in [1.29, 1.82) is 0 Å². The van der Waals surface area contributed by atoms with Crippen LogP contribution in [0.15, 0.2) is 18.2 Å². The summed E-state index contributed by atoms with van der Waals surface area (Å²) in [6.07, 6.45) is -0.321. The summed E-state index contributed by atoms with van der Waals surface area (Å²) in [5, 5.41) is 0. The Morgan fingerprint density at radius 2 is 1.85 bits per heavy atom. The van der Waals surface area contributed by atoms with E-state index < -0.39 is 5.60 Å². The molecule has 0 aromatic heterocycles. The van der Waals surface area contributed by atoms with E-state index in [0.29, 0.717) is 6.54 Å². The number of carbonyl (C=O) groups is 1. The van der Waals surface area contributed by atoms with Gasteiger partial charge in [-0.3, -0.25) is 0 Å². The SMILES string of the molecule is CC.Cc1cc(N)ccc1CN(C)C(=O)OC(C)(C)C. The highest BCUT2D eigenvalue weighted by atomic mass is 16.6. The fourth-order valence-electron chi connectivity index (χ4n) is 1.56. The van der Waals surface area contributed by atoms with Gasteiger partial charge < -0.3 is 15.4 Å². The van der Waals surface area contributed by atoms with Gasteiger partial charge in [-0.25, -0.2) is 4.79 Å². The van der Waals surface area contributed by atoms with Crippen molar-refractivity contribution in [3.8, 4) is 0 Å². The van der Waals surface area contributed by atoms with Crippen molar-refractivity contribution < 1.29 is 9.53 Å². The number of aryl methyl sites for hydroxylation is 1. The molecule has 114 valence electrons. The molecule has 2 N–H and O–H groups in total.